The van der Waals surface area contributed by atoms with Gasteiger partial charge in [0.15, 0.2) is 0 Å². The molecule has 0 fully saturated rings. The number of hydrogen-bond acceptors (Lipinski definition) is 7. The fourth-order valence-electron chi connectivity index (χ4n) is 1.93. The highest BCUT2D eigenvalue weighted by Crippen LogP contribution is 2.61. The Morgan fingerprint density at radius 1 is 1.14 bits per heavy atom. The molecule has 1 rings (SSSR count). The van der Waals surface area contributed by atoms with E-state index in [9.17, 15) is 9.67 Å². The molecular formula is C13H22NO6P. The lowest BCUT2D eigenvalue weighted by atomic mass is 10.1. The third kappa shape index (κ3) is 3.89. The highest BCUT2D eigenvalue weighted by Gasteiger charge is 2.38. The van der Waals surface area contributed by atoms with Crippen LogP contribution in [-0.4, -0.2) is 32.5 Å². The first-order chi connectivity index (χ1) is 9.93. The SMILES string of the molecule is CCOP(=O)(OCC)[C@H](N)c1c(OC)cc(O)cc1OC. The molecule has 1 aromatic rings. The number of hydrogen-bond donors (Lipinski definition) is 2. The van der Waals surface area contributed by atoms with Crippen LogP contribution < -0.4 is 15.2 Å². The highest BCUT2D eigenvalue weighted by atomic mass is 31.2. The Kier molecular flexibility index (Phi) is 6.48. The quantitative estimate of drug-likeness (QED) is 0.710. The van der Waals surface area contributed by atoms with E-state index in [1.54, 1.807) is 13.8 Å². The maximum atomic E-state index is 12.8. The van der Waals surface area contributed by atoms with Crippen LogP contribution >= 0.6 is 7.60 Å². The first-order valence-electron chi connectivity index (χ1n) is 6.52. The molecule has 0 aliphatic heterocycles. The Hall–Kier alpha value is -1.27. The third-order valence-corrected chi connectivity index (χ3v) is 4.96. The Morgan fingerprint density at radius 3 is 1.90 bits per heavy atom. The summed E-state index contributed by atoms with van der Waals surface area (Å²) in [6, 6.07) is 2.72. The number of nitrogens with two attached hydrogens (primary N) is 1. The molecule has 0 saturated heterocycles. The summed E-state index contributed by atoms with van der Waals surface area (Å²) in [4.78, 5) is 0. The summed E-state index contributed by atoms with van der Waals surface area (Å²) in [6.07, 6.45) is 0. The minimum atomic E-state index is -3.59. The Morgan fingerprint density at radius 2 is 1.57 bits per heavy atom. The molecule has 3 N–H and O–H groups in total. The van der Waals surface area contributed by atoms with Gasteiger partial charge in [0.1, 0.15) is 23.0 Å². The maximum Gasteiger partial charge on any atom is 0.352 e. The summed E-state index contributed by atoms with van der Waals surface area (Å²) in [6.45, 7) is 3.77. The van der Waals surface area contributed by atoms with Gasteiger partial charge < -0.3 is 29.4 Å². The number of benzene rings is 1. The number of methoxy groups -OCH3 is 2. The molecule has 0 aromatic heterocycles. The lowest BCUT2D eigenvalue weighted by Crippen LogP contribution is -2.17. The van der Waals surface area contributed by atoms with E-state index < -0.39 is 13.4 Å². The second kappa shape index (κ2) is 7.66. The lowest BCUT2D eigenvalue weighted by Gasteiger charge is -2.26. The molecule has 0 heterocycles. The maximum absolute atomic E-state index is 12.8. The first kappa shape index (κ1) is 17.8. The number of rotatable bonds is 8. The van der Waals surface area contributed by atoms with Gasteiger partial charge in [-0.2, -0.15) is 0 Å². The van der Waals surface area contributed by atoms with Gasteiger partial charge in [0.05, 0.1) is 33.0 Å². The molecule has 0 spiro atoms. The van der Waals surface area contributed by atoms with E-state index in [-0.39, 0.29) is 30.5 Å². The molecule has 120 valence electrons. The van der Waals surface area contributed by atoms with Crippen LogP contribution in [0.15, 0.2) is 12.1 Å². The van der Waals surface area contributed by atoms with Gasteiger partial charge in [-0.05, 0) is 13.8 Å². The number of aromatic hydroxyl groups is 1. The monoisotopic (exact) mass is 319 g/mol. The van der Waals surface area contributed by atoms with Crippen LogP contribution in [0.3, 0.4) is 0 Å². The van der Waals surface area contributed by atoms with Crippen molar-refractivity contribution in [1.29, 1.82) is 0 Å². The number of ether oxygens (including phenoxy) is 2. The van der Waals surface area contributed by atoms with Crippen molar-refractivity contribution in [3.63, 3.8) is 0 Å². The van der Waals surface area contributed by atoms with Crippen LogP contribution in [0.4, 0.5) is 0 Å². The van der Waals surface area contributed by atoms with Gasteiger partial charge in [0.25, 0.3) is 0 Å². The lowest BCUT2D eigenvalue weighted by molar-refractivity contribution is 0.211. The van der Waals surface area contributed by atoms with Crippen molar-refractivity contribution in [2.75, 3.05) is 27.4 Å². The molecule has 0 unspecified atom stereocenters. The van der Waals surface area contributed by atoms with Crippen molar-refractivity contribution in [3.05, 3.63) is 17.7 Å². The van der Waals surface area contributed by atoms with E-state index in [1.807, 2.05) is 0 Å². The molecule has 8 heteroatoms. The summed E-state index contributed by atoms with van der Waals surface area (Å²) >= 11 is 0. The zero-order valence-electron chi connectivity index (χ0n) is 12.7. The van der Waals surface area contributed by atoms with E-state index in [0.717, 1.165) is 0 Å². The third-order valence-electron chi connectivity index (χ3n) is 2.78. The van der Waals surface area contributed by atoms with Crippen molar-refractivity contribution in [2.24, 2.45) is 5.73 Å². The Balaban J connectivity index is 3.39. The van der Waals surface area contributed by atoms with Crippen LogP contribution in [0.25, 0.3) is 0 Å². The highest BCUT2D eigenvalue weighted by molar-refractivity contribution is 7.54. The van der Waals surface area contributed by atoms with Crippen LogP contribution in [0.1, 0.15) is 25.2 Å². The molecule has 0 amide bonds. The van der Waals surface area contributed by atoms with Crippen LogP contribution in [-0.2, 0) is 13.6 Å². The molecule has 0 bridgehead atoms. The molecule has 21 heavy (non-hydrogen) atoms. The number of phenols is 1. The first-order valence-corrected chi connectivity index (χ1v) is 8.13. The van der Waals surface area contributed by atoms with Gasteiger partial charge in [0, 0.05) is 12.1 Å². The summed E-state index contributed by atoms with van der Waals surface area (Å²) in [5.41, 5.74) is 6.42. The van der Waals surface area contributed by atoms with Gasteiger partial charge in [-0.15, -0.1) is 0 Å². The fourth-order valence-corrected chi connectivity index (χ4v) is 3.62. The van der Waals surface area contributed by atoms with Crippen molar-refractivity contribution in [2.45, 2.75) is 19.6 Å². The van der Waals surface area contributed by atoms with E-state index >= 15 is 0 Å². The predicted molar refractivity (Wildman–Crippen MR) is 79.0 cm³/mol. The molecule has 0 aliphatic carbocycles. The summed E-state index contributed by atoms with van der Waals surface area (Å²) < 4.78 is 33.7. The van der Waals surface area contributed by atoms with Crippen molar-refractivity contribution < 1.29 is 28.2 Å². The van der Waals surface area contributed by atoms with Gasteiger partial charge in [-0.1, -0.05) is 0 Å². The second-order valence-corrected chi connectivity index (χ2v) is 6.24. The van der Waals surface area contributed by atoms with Crippen molar-refractivity contribution >= 4 is 7.60 Å². The smallest absolute Gasteiger partial charge is 0.352 e. The number of phenolic OH excluding ortho intramolecular Hbond substituents is 1. The molecule has 0 saturated carbocycles. The normalized spacial score (nSPS) is 13.0. The Bertz CT molecular complexity index is 486. The van der Waals surface area contributed by atoms with Crippen LogP contribution in [0.2, 0.25) is 0 Å². The molecule has 0 aliphatic rings. The van der Waals surface area contributed by atoms with Gasteiger partial charge in [0.2, 0.25) is 0 Å². The average molecular weight is 319 g/mol. The summed E-state index contributed by atoms with van der Waals surface area (Å²) in [5.74, 6) is -0.650. The molecule has 1 atom stereocenters. The minimum Gasteiger partial charge on any atom is -0.508 e. The zero-order chi connectivity index (χ0) is 16.0. The summed E-state index contributed by atoms with van der Waals surface area (Å²) in [5, 5.41) is 9.64. The predicted octanol–water partition coefficient (Wildman–Crippen LogP) is 2.63. The van der Waals surface area contributed by atoms with Crippen LogP contribution in [0, 0.1) is 0 Å². The topological polar surface area (TPSA) is 100 Å². The zero-order valence-corrected chi connectivity index (χ0v) is 13.6. The van der Waals surface area contributed by atoms with E-state index in [4.69, 9.17) is 24.3 Å². The van der Waals surface area contributed by atoms with Crippen LogP contribution in [0.5, 0.6) is 17.2 Å². The fraction of sp³-hybridized carbons (Fsp3) is 0.538. The molecule has 7 nitrogen and oxygen atoms in total. The van der Waals surface area contributed by atoms with E-state index in [2.05, 4.69) is 0 Å². The molecular weight excluding hydrogens is 297 g/mol. The Labute approximate surface area is 124 Å². The average Bonchev–Trinajstić information content (AvgIpc) is 2.45. The summed E-state index contributed by atoms with van der Waals surface area (Å²) in [7, 11) is -0.765. The van der Waals surface area contributed by atoms with Crippen molar-refractivity contribution in [1.82, 2.24) is 0 Å². The second-order valence-electron chi connectivity index (χ2n) is 4.08. The van der Waals surface area contributed by atoms with Crippen molar-refractivity contribution in [3.8, 4) is 17.2 Å². The standard InChI is InChI=1S/C13H22NO6P/c1-5-19-21(16,20-6-2)13(14)12-10(17-3)7-9(15)8-11(12)18-4/h7-8,13,15H,5-6,14H2,1-4H3/t13-/m0/s1. The van der Waals surface area contributed by atoms with Gasteiger partial charge >= 0.3 is 7.60 Å². The van der Waals surface area contributed by atoms with Gasteiger partial charge in [-0.3, -0.25) is 4.57 Å². The van der Waals surface area contributed by atoms with E-state index in [0.29, 0.717) is 5.56 Å². The minimum absolute atomic E-state index is 0.0534. The van der Waals surface area contributed by atoms with E-state index in [1.165, 1.54) is 26.4 Å². The van der Waals surface area contributed by atoms with Gasteiger partial charge in [-0.25, -0.2) is 0 Å². The largest absolute Gasteiger partial charge is 0.508 e. The molecule has 1 aromatic carbocycles. The molecule has 0 radical (unpaired) electrons.